The maximum atomic E-state index is 11.6. The van der Waals surface area contributed by atoms with E-state index < -0.39 is 0 Å². The number of methoxy groups -OCH3 is 1. The van der Waals surface area contributed by atoms with Crippen LogP contribution in [0.1, 0.15) is 47.0 Å². The van der Waals surface area contributed by atoms with Gasteiger partial charge in [0.1, 0.15) is 6.04 Å². The van der Waals surface area contributed by atoms with Crippen LogP contribution in [0.25, 0.3) is 0 Å². The molecule has 0 aromatic heterocycles. The predicted molar refractivity (Wildman–Crippen MR) is 80.3 cm³/mol. The summed E-state index contributed by atoms with van der Waals surface area (Å²) in [5, 5.41) is 3.19. The molecule has 0 aromatic rings. The highest BCUT2D eigenvalue weighted by atomic mass is 16.5. The van der Waals surface area contributed by atoms with E-state index in [4.69, 9.17) is 4.74 Å². The van der Waals surface area contributed by atoms with E-state index in [1.807, 2.05) is 6.92 Å². The Hall–Kier alpha value is -0.610. The molecule has 1 N–H and O–H groups in total. The molecule has 0 saturated carbocycles. The second kappa shape index (κ2) is 11.2. The van der Waals surface area contributed by atoms with Crippen molar-refractivity contribution in [2.75, 3.05) is 33.3 Å². The van der Waals surface area contributed by atoms with Crippen molar-refractivity contribution in [3.63, 3.8) is 0 Å². The Morgan fingerprint density at radius 1 is 1.21 bits per heavy atom. The van der Waals surface area contributed by atoms with Crippen LogP contribution in [-0.4, -0.2) is 50.2 Å². The quantitative estimate of drug-likeness (QED) is 0.586. The lowest BCUT2D eigenvalue weighted by atomic mass is 10.0. The highest BCUT2D eigenvalue weighted by Gasteiger charge is 2.19. The van der Waals surface area contributed by atoms with Crippen LogP contribution in [0.2, 0.25) is 0 Å². The number of hydrogen-bond acceptors (Lipinski definition) is 4. The van der Waals surface area contributed by atoms with Crippen LogP contribution in [-0.2, 0) is 9.53 Å². The van der Waals surface area contributed by atoms with Crippen LogP contribution in [0, 0.1) is 5.92 Å². The molecule has 0 radical (unpaired) electrons. The smallest absolute Gasteiger partial charge is 0.322 e. The third kappa shape index (κ3) is 7.53. The zero-order chi connectivity index (χ0) is 14.7. The van der Waals surface area contributed by atoms with Gasteiger partial charge in [-0.15, -0.1) is 0 Å². The summed E-state index contributed by atoms with van der Waals surface area (Å²) < 4.78 is 4.83. The van der Waals surface area contributed by atoms with Crippen molar-refractivity contribution in [3.8, 4) is 0 Å². The number of esters is 1. The van der Waals surface area contributed by atoms with Gasteiger partial charge in [0.05, 0.1) is 7.11 Å². The summed E-state index contributed by atoms with van der Waals surface area (Å²) in [7, 11) is 1.45. The average molecular weight is 272 g/mol. The fraction of sp³-hybridized carbons (Fsp3) is 0.933. The maximum absolute atomic E-state index is 11.6. The first-order valence-electron chi connectivity index (χ1n) is 7.66. The van der Waals surface area contributed by atoms with Crippen molar-refractivity contribution in [2.24, 2.45) is 5.92 Å². The fourth-order valence-electron chi connectivity index (χ4n) is 2.29. The van der Waals surface area contributed by atoms with E-state index in [1.165, 1.54) is 20.0 Å². The lowest BCUT2D eigenvalue weighted by molar-refractivity contribution is -0.143. The molecule has 0 saturated heterocycles. The highest BCUT2D eigenvalue weighted by molar-refractivity contribution is 5.75. The van der Waals surface area contributed by atoms with Crippen LogP contribution in [0.5, 0.6) is 0 Å². The molecule has 0 spiro atoms. The molecule has 0 aliphatic carbocycles. The molecule has 0 amide bonds. The second-order valence-electron chi connectivity index (χ2n) is 5.00. The van der Waals surface area contributed by atoms with Crippen molar-refractivity contribution in [1.82, 2.24) is 10.2 Å². The minimum Gasteiger partial charge on any atom is -0.468 e. The molecule has 114 valence electrons. The highest BCUT2D eigenvalue weighted by Crippen LogP contribution is 2.10. The largest absolute Gasteiger partial charge is 0.468 e. The minimum atomic E-state index is -0.175. The second-order valence-corrected chi connectivity index (χ2v) is 5.00. The predicted octanol–water partition coefficient (Wildman–Crippen LogP) is 2.29. The van der Waals surface area contributed by atoms with E-state index in [1.54, 1.807) is 0 Å². The monoisotopic (exact) mass is 272 g/mol. The van der Waals surface area contributed by atoms with Crippen molar-refractivity contribution in [2.45, 2.75) is 53.0 Å². The van der Waals surface area contributed by atoms with Crippen LogP contribution in [0.15, 0.2) is 0 Å². The number of carbonyl (C=O) groups is 1. The molecule has 0 bridgehead atoms. The van der Waals surface area contributed by atoms with Gasteiger partial charge in [-0.25, -0.2) is 0 Å². The molecule has 19 heavy (non-hydrogen) atoms. The molecule has 4 nitrogen and oxygen atoms in total. The molecule has 0 fully saturated rings. The number of hydrogen-bond donors (Lipinski definition) is 1. The van der Waals surface area contributed by atoms with E-state index in [9.17, 15) is 4.79 Å². The summed E-state index contributed by atoms with van der Waals surface area (Å²) in [5.74, 6) is 0.607. The van der Waals surface area contributed by atoms with Gasteiger partial charge in [0.25, 0.3) is 0 Å². The van der Waals surface area contributed by atoms with Crippen LogP contribution < -0.4 is 5.32 Å². The average Bonchev–Trinajstić information content (AvgIpc) is 2.45. The van der Waals surface area contributed by atoms with Crippen molar-refractivity contribution in [1.29, 1.82) is 0 Å². The molecule has 0 aliphatic rings. The van der Waals surface area contributed by atoms with Gasteiger partial charge in [-0.2, -0.15) is 0 Å². The number of ether oxygens (including phenoxy) is 1. The molecule has 4 heteroatoms. The molecule has 1 unspecified atom stereocenters. The van der Waals surface area contributed by atoms with Crippen LogP contribution in [0.3, 0.4) is 0 Å². The first-order valence-corrected chi connectivity index (χ1v) is 7.66. The van der Waals surface area contributed by atoms with Crippen molar-refractivity contribution in [3.05, 3.63) is 0 Å². The third-order valence-electron chi connectivity index (χ3n) is 3.79. The lowest BCUT2D eigenvalue weighted by Crippen LogP contribution is -2.41. The summed E-state index contributed by atoms with van der Waals surface area (Å²) >= 11 is 0. The fourth-order valence-corrected chi connectivity index (χ4v) is 2.29. The van der Waals surface area contributed by atoms with Gasteiger partial charge in [0.15, 0.2) is 0 Å². The molecular weight excluding hydrogens is 240 g/mol. The third-order valence-corrected chi connectivity index (χ3v) is 3.79. The normalized spacial score (nSPS) is 13.0. The topological polar surface area (TPSA) is 41.6 Å². The van der Waals surface area contributed by atoms with E-state index in [0.29, 0.717) is 0 Å². The molecule has 0 rings (SSSR count). The van der Waals surface area contributed by atoms with Crippen molar-refractivity contribution < 1.29 is 9.53 Å². The van der Waals surface area contributed by atoms with Gasteiger partial charge in [0.2, 0.25) is 0 Å². The van der Waals surface area contributed by atoms with Crippen LogP contribution in [0.4, 0.5) is 0 Å². The molecule has 0 aliphatic heterocycles. The zero-order valence-corrected chi connectivity index (χ0v) is 13.4. The summed E-state index contributed by atoms with van der Waals surface area (Å²) in [6.45, 7) is 12.6. The Balaban J connectivity index is 4.25. The van der Waals surface area contributed by atoms with E-state index in [2.05, 4.69) is 31.0 Å². The number of nitrogens with zero attached hydrogens (tertiary/aromatic N) is 1. The van der Waals surface area contributed by atoms with Crippen LogP contribution >= 0.6 is 0 Å². The molecule has 1 atom stereocenters. The Kier molecular flexibility index (Phi) is 10.9. The number of nitrogens with one attached hydrogen (secondary N) is 1. The van der Waals surface area contributed by atoms with E-state index in [-0.39, 0.29) is 12.0 Å². The van der Waals surface area contributed by atoms with Gasteiger partial charge in [-0.1, -0.05) is 40.5 Å². The standard InChI is InChI=1S/C15H32N2O2/c1-6-13(7-2)12-17(9-4)11-10-14(16-8-3)15(18)19-5/h13-14,16H,6-12H2,1-5H3. The summed E-state index contributed by atoms with van der Waals surface area (Å²) in [5.41, 5.74) is 0. The van der Waals surface area contributed by atoms with Gasteiger partial charge in [-0.05, 0) is 25.4 Å². The lowest BCUT2D eigenvalue weighted by Gasteiger charge is -2.26. The first-order chi connectivity index (χ1) is 9.12. The van der Waals surface area contributed by atoms with Crippen molar-refractivity contribution >= 4 is 5.97 Å². The maximum Gasteiger partial charge on any atom is 0.322 e. The zero-order valence-electron chi connectivity index (χ0n) is 13.4. The number of carbonyl (C=O) groups excluding carboxylic acids is 1. The molecule has 0 aromatic carbocycles. The molecular formula is C15H32N2O2. The Labute approximate surface area is 118 Å². The Bertz CT molecular complexity index is 230. The Morgan fingerprint density at radius 3 is 2.26 bits per heavy atom. The Morgan fingerprint density at radius 2 is 1.84 bits per heavy atom. The van der Waals surface area contributed by atoms with Gasteiger partial charge in [-0.3, -0.25) is 4.79 Å². The molecule has 0 heterocycles. The summed E-state index contributed by atoms with van der Waals surface area (Å²) in [6, 6.07) is -0.175. The summed E-state index contributed by atoms with van der Waals surface area (Å²) in [4.78, 5) is 14.1. The van der Waals surface area contributed by atoms with Gasteiger partial charge < -0.3 is 15.0 Å². The minimum absolute atomic E-state index is 0.152. The van der Waals surface area contributed by atoms with Gasteiger partial charge in [0, 0.05) is 13.1 Å². The number of likely N-dealkylation sites (N-methyl/N-ethyl adjacent to an activating group) is 1. The first kappa shape index (κ1) is 18.4. The SMILES string of the molecule is CCNC(CCN(CC)CC(CC)CC)C(=O)OC. The number of rotatable bonds is 11. The van der Waals surface area contributed by atoms with Gasteiger partial charge >= 0.3 is 5.97 Å². The van der Waals surface area contributed by atoms with E-state index >= 15 is 0 Å². The summed E-state index contributed by atoms with van der Waals surface area (Å²) in [6.07, 6.45) is 3.26. The van der Waals surface area contributed by atoms with E-state index in [0.717, 1.165) is 38.5 Å².